The summed E-state index contributed by atoms with van der Waals surface area (Å²) in [6, 6.07) is 10.5. The number of carbonyl (C=O) groups excluding carboxylic acids is 2. The Kier molecular flexibility index (Phi) is 6.73. The van der Waals surface area contributed by atoms with Crippen LogP contribution in [0, 0.1) is 0 Å². The van der Waals surface area contributed by atoms with E-state index in [1.807, 2.05) is 23.1 Å². The van der Waals surface area contributed by atoms with Crippen LogP contribution in [0.5, 0.6) is 0 Å². The van der Waals surface area contributed by atoms with Crippen LogP contribution in [-0.4, -0.2) is 78.1 Å². The number of carbonyl (C=O) groups is 2. The van der Waals surface area contributed by atoms with Crippen LogP contribution in [0.15, 0.2) is 30.3 Å². The second kappa shape index (κ2) is 9.05. The molecule has 2 aliphatic rings. The fraction of sp³-hybridized carbons (Fsp3) is 0.636. The van der Waals surface area contributed by atoms with Gasteiger partial charge in [-0.25, -0.2) is 4.79 Å². The van der Waals surface area contributed by atoms with Crippen LogP contribution in [0.4, 0.5) is 4.79 Å². The first kappa shape index (κ1) is 20.8. The van der Waals surface area contributed by atoms with Crippen molar-refractivity contribution in [1.82, 2.24) is 14.7 Å². The third-order valence-corrected chi connectivity index (χ3v) is 6.45. The number of urea groups is 1. The first-order chi connectivity index (χ1) is 13.5. The Hall–Kier alpha value is -1.92. The van der Waals surface area contributed by atoms with Gasteiger partial charge in [-0.2, -0.15) is 0 Å². The lowest BCUT2D eigenvalue weighted by atomic mass is 9.85. The number of likely N-dealkylation sites (tertiary alicyclic amines) is 1. The maximum absolute atomic E-state index is 13.4. The Labute approximate surface area is 168 Å². The van der Waals surface area contributed by atoms with E-state index in [1.54, 1.807) is 7.11 Å². The molecule has 6 heteroatoms. The normalized spacial score (nSPS) is 21.0. The predicted octanol–water partition coefficient (Wildman–Crippen LogP) is 2.77. The molecular formula is C22H33N3O3. The second-order valence-corrected chi connectivity index (χ2v) is 7.94. The van der Waals surface area contributed by atoms with Gasteiger partial charge in [-0.05, 0) is 38.2 Å². The number of nitrogens with zero attached hydrogens (tertiary/aromatic N) is 3. The summed E-state index contributed by atoms with van der Waals surface area (Å²) >= 11 is 0. The van der Waals surface area contributed by atoms with E-state index < -0.39 is 5.54 Å². The molecule has 1 unspecified atom stereocenters. The molecule has 2 saturated heterocycles. The van der Waals surface area contributed by atoms with Gasteiger partial charge in [0.25, 0.3) is 5.91 Å². The van der Waals surface area contributed by atoms with Gasteiger partial charge in [0.2, 0.25) is 0 Å². The topological polar surface area (TPSA) is 53.1 Å². The van der Waals surface area contributed by atoms with Crippen molar-refractivity contribution in [2.45, 2.75) is 51.1 Å². The molecule has 154 valence electrons. The number of benzene rings is 1. The molecule has 0 radical (unpaired) electrons. The lowest BCUT2D eigenvalue weighted by Crippen LogP contribution is -2.58. The SMILES string of the molecule is CCC(C)N1CCC2(CC1)C(=O)N(CCOC)C(=O)N2CCc1ccccc1. The maximum Gasteiger partial charge on any atom is 0.327 e. The van der Waals surface area contributed by atoms with Crippen LogP contribution in [0.3, 0.4) is 0 Å². The van der Waals surface area contributed by atoms with E-state index in [4.69, 9.17) is 4.74 Å². The minimum atomic E-state index is -0.691. The van der Waals surface area contributed by atoms with Crippen molar-refractivity contribution in [3.05, 3.63) is 35.9 Å². The average molecular weight is 388 g/mol. The number of amides is 3. The minimum absolute atomic E-state index is 0.0357. The molecule has 3 amide bonds. The average Bonchev–Trinajstić information content (AvgIpc) is 2.92. The molecule has 2 fully saturated rings. The van der Waals surface area contributed by atoms with E-state index in [0.29, 0.717) is 38.6 Å². The molecule has 2 aliphatic heterocycles. The molecule has 3 rings (SSSR count). The molecule has 1 aromatic carbocycles. The molecule has 2 heterocycles. The van der Waals surface area contributed by atoms with Gasteiger partial charge in [-0.15, -0.1) is 0 Å². The molecule has 1 atom stereocenters. The van der Waals surface area contributed by atoms with Crippen molar-refractivity contribution < 1.29 is 14.3 Å². The molecule has 1 spiro atoms. The summed E-state index contributed by atoms with van der Waals surface area (Å²) in [6.07, 6.45) is 3.27. The van der Waals surface area contributed by atoms with Crippen molar-refractivity contribution in [3.63, 3.8) is 0 Å². The summed E-state index contributed by atoms with van der Waals surface area (Å²) in [5, 5.41) is 0. The third-order valence-electron chi connectivity index (χ3n) is 6.45. The Bertz CT molecular complexity index is 671. The standard InChI is InChI=1S/C22H33N3O3/c1-4-18(2)23-14-11-22(12-15-23)20(26)24(16-17-28-3)21(27)25(22)13-10-19-8-6-5-7-9-19/h5-9,18H,4,10-17H2,1-3H3. The van der Waals surface area contributed by atoms with Gasteiger partial charge in [0.1, 0.15) is 5.54 Å². The van der Waals surface area contributed by atoms with Crippen LogP contribution in [0.2, 0.25) is 0 Å². The summed E-state index contributed by atoms with van der Waals surface area (Å²) in [5.74, 6) is -0.0357. The fourth-order valence-corrected chi connectivity index (χ4v) is 4.43. The number of hydrogen-bond acceptors (Lipinski definition) is 4. The van der Waals surface area contributed by atoms with Crippen LogP contribution < -0.4 is 0 Å². The van der Waals surface area contributed by atoms with Gasteiger partial charge in [0, 0.05) is 32.8 Å². The Morgan fingerprint density at radius 3 is 2.39 bits per heavy atom. The number of piperidine rings is 1. The van der Waals surface area contributed by atoms with E-state index in [-0.39, 0.29) is 11.9 Å². The molecule has 0 saturated carbocycles. The zero-order chi connectivity index (χ0) is 20.1. The quantitative estimate of drug-likeness (QED) is 0.644. The van der Waals surface area contributed by atoms with Crippen molar-refractivity contribution in [2.24, 2.45) is 0 Å². The number of hydrogen-bond donors (Lipinski definition) is 0. The molecule has 0 aliphatic carbocycles. The van der Waals surface area contributed by atoms with Crippen molar-refractivity contribution in [2.75, 3.05) is 39.9 Å². The summed E-state index contributed by atoms with van der Waals surface area (Å²) in [6.45, 7) is 7.41. The fourth-order valence-electron chi connectivity index (χ4n) is 4.43. The summed E-state index contributed by atoms with van der Waals surface area (Å²) in [4.78, 5) is 32.2. The second-order valence-electron chi connectivity index (χ2n) is 7.94. The minimum Gasteiger partial charge on any atom is -0.383 e. The maximum atomic E-state index is 13.4. The zero-order valence-electron chi connectivity index (χ0n) is 17.4. The van der Waals surface area contributed by atoms with Crippen LogP contribution in [0.1, 0.15) is 38.7 Å². The zero-order valence-corrected chi connectivity index (χ0v) is 17.4. The molecular weight excluding hydrogens is 354 g/mol. The van der Waals surface area contributed by atoms with E-state index in [0.717, 1.165) is 25.9 Å². The molecule has 0 aromatic heterocycles. The first-order valence-corrected chi connectivity index (χ1v) is 10.4. The van der Waals surface area contributed by atoms with E-state index >= 15 is 0 Å². The first-order valence-electron chi connectivity index (χ1n) is 10.4. The van der Waals surface area contributed by atoms with Crippen LogP contribution in [-0.2, 0) is 16.0 Å². The molecule has 1 aromatic rings. The summed E-state index contributed by atoms with van der Waals surface area (Å²) in [7, 11) is 1.60. The number of methoxy groups -OCH3 is 1. The number of rotatable bonds is 8. The molecule has 28 heavy (non-hydrogen) atoms. The predicted molar refractivity (Wildman–Crippen MR) is 109 cm³/mol. The highest BCUT2D eigenvalue weighted by atomic mass is 16.5. The summed E-state index contributed by atoms with van der Waals surface area (Å²) < 4.78 is 5.13. The lowest BCUT2D eigenvalue weighted by molar-refractivity contribution is -0.136. The number of imide groups is 1. The Morgan fingerprint density at radius 1 is 1.11 bits per heavy atom. The molecule has 0 bridgehead atoms. The highest BCUT2D eigenvalue weighted by molar-refractivity contribution is 6.07. The van der Waals surface area contributed by atoms with E-state index in [9.17, 15) is 9.59 Å². The van der Waals surface area contributed by atoms with E-state index in [2.05, 4.69) is 30.9 Å². The monoisotopic (exact) mass is 387 g/mol. The van der Waals surface area contributed by atoms with Gasteiger partial charge in [-0.3, -0.25) is 9.69 Å². The van der Waals surface area contributed by atoms with E-state index in [1.165, 1.54) is 10.5 Å². The highest BCUT2D eigenvalue weighted by Crippen LogP contribution is 2.38. The molecule has 6 nitrogen and oxygen atoms in total. The van der Waals surface area contributed by atoms with Crippen LogP contribution in [0.25, 0.3) is 0 Å². The van der Waals surface area contributed by atoms with Gasteiger partial charge in [-0.1, -0.05) is 37.3 Å². The van der Waals surface area contributed by atoms with Gasteiger partial charge < -0.3 is 14.5 Å². The van der Waals surface area contributed by atoms with Crippen molar-refractivity contribution >= 4 is 11.9 Å². The Morgan fingerprint density at radius 2 is 1.79 bits per heavy atom. The Balaban J connectivity index is 1.79. The number of ether oxygens (including phenoxy) is 1. The van der Waals surface area contributed by atoms with Gasteiger partial charge >= 0.3 is 6.03 Å². The van der Waals surface area contributed by atoms with Crippen molar-refractivity contribution in [1.29, 1.82) is 0 Å². The highest BCUT2D eigenvalue weighted by Gasteiger charge is 2.57. The lowest BCUT2D eigenvalue weighted by Gasteiger charge is -2.44. The van der Waals surface area contributed by atoms with Crippen molar-refractivity contribution in [3.8, 4) is 0 Å². The van der Waals surface area contributed by atoms with Gasteiger partial charge in [0.15, 0.2) is 0 Å². The summed E-state index contributed by atoms with van der Waals surface area (Å²) in [5.41, 5.74) is 0.495. The smallest absolute Gasteiger partial charge is 0.327 e. The van der Waals surface area contributed by atoms with Crippen LogP contribution >= 0.6 is 0 Å². The van der Waals surface area contributed by atoms with Gasteiger partial charge in [0.05, 0.1) is 13.2 Å². The molecule has 0 N–H and O–H groups in total. The third kappa shape index (κ3) is 3.94. The largest absolute Gasteiger partial charge is 0.383 e.